The van der Waals surface area contributed by atoms with E-state index in [1.54, 1.807) is 0 Å². The summed E-state index contributed by atoms with van der Waals surface area (Å²) in [5.41, 5.74) is 0.992. The van der Waals surface area contributed by atoms with Crippen molar-refractivity contribution < 1.29 is 0 Å². The number of alkyl halides is 1. The number of aromatic nitrogens is 3. The van der Waals surface area contributed by atoms with Gasteiger partial charge in [-0.15, -0.1) is 16.7 Å². The molecule has 1 rings (SSSR count). The van der Waals surface area contributed by atoms with E-state index in [1.807, 2.05) is 10.9 Å². The van der Waals surface area contributed by atoms with Crippen molar-refractivity contribution in [3.63, 3.8) is 0 Å². The Labute approximate surface area is 84.1 Å². The minimum Gasteiger partial charge on any atom is -0.252 e. The van der Waals surface area contributed by atoms with Crippen LogP contribution in [0.1, 0.15) is 31.9 Å². The fraction of sp³-hybridized carbons (Fsp3) is 0.778. The summed E-state index contributed by atoms with van der Waals surface area (Å²) in [5, 5.41) is 8.03. The molecule has 1 aromatic rings. The first-order valence-corrected chi connectivity index (χ1v) is 5.35. The molecule has 0 amide bonds. The maximum Gasteiger partial charge on any atom is 0.0839 e. The standard InChI is InChI=1S/C9H16ClN3/c1-2-3-4-7-13-8-9(5-6-10)11-12-13/h8H,2-7H2,1H3. The van der Waals surface area contributed by atoms with Gasteiger partial charge in [0.2, 0.25) is 0 Å². The molecule has 0 bridgehead atoms. The van der Waals surface area contributed by atoms with E-state index in [0.717, 1.165) is 18.7 Å². The van der Waals surface area contributed by atoms with Gasteiger partial charge in [-0.25, -0.2) is 0 Å². The van der Waals surface area contributed by atoms with Crippen molar-refractivity contribution in [2.24, 2.45) is 0 Å². The number of unbranched alkanes of at least 4 members (excludes halogenated alkanes) is 2. The molecule has 0 N–H and O–H groups in total. The number of nitrogens with zero attached hydrogens (tertiary/aromatic N) is 3. The van der Waals surface area contributed by atoms with Gasteiger partial charge in [0.15, 0.2) is 0 Å². The predicted octanol–water partition coefficient (Wildman–Crippen LogP) is 2.25. The van der Waals surface area contributed by atoms with Crippen LogP contribution < -0.4 is 0 Å². The van der Waals surface area contributed by atoms with E-state index in [9.17, 15) is 0 Å². The Morgan fingerprint density at radius 1 is 1.46 bits per heavy atom. The molecule has 13 heavy (non-hydrogen) atoms. The molecule has 0 aliphatic heterocycles. The molecule has 0 aliphatic rings. The monoisotopic (exact) mass is 201 g/mol. The van der Waals surface area contributed by atoms with Gasteiger partial charge in [0.25, 0.3) is 0 Å². The van der Waals surface area contributed by atoms with Crippen molar-refractivity contribution in [3.8, 4) is 0 Å². The Hall–Kier alpha value is -0.570. The van der Waals surface area contributed by atoms with Gasteiger partial charge in [-0.2, -0.15) is 0 Å². The third kappa shape index (κ3) is 3.77. The van der Waals surface area contributed by atoms with Crippen LogP contribution in [-0.2, 0) is 13.0 Å². The fourth-order valence-corrected chi connectivity index (χ4v) is 1.38. The van der Waals surface area contributed by atoms with Gasteiger partial charge in [0, 0.05) is 25.0 Å². The highest BCUT2D eigenvalue weighted by molar-refractivity contribution is 6.17. The summed E-state index contributed by atoms with van der Waals surface area (Å²) in [7, 11) is 0. The quantitative estimate of drug-likeness (QED) is 0.522. The first kappa shape index (κ1) is 10.5. The molecular weight excluding hydrogens is 186 g/mol. The fourth-order valence-electron chi connectivity index (χ4n) is 1.18. The first-order valence-electron chi connectivity index (χ1n) is 4.81. The third-order valence-corrected chi connectivity index (χ3v) is 2.12. The smallest absolute Gasteiger partial charge is 0.0839 e. The van der Waals surface area contributed by atoms with Crippen LogP contribution in [0, 0.1) is 0 Å². The average molecular weight is 202 g/mol. The summed E-state index contributed by atoms with van der Waals surface area (Å²) < 4.78 is 1.90. The topological polar surface area (TPSA) is 30.7 Å². The minimum absolute atomic E-state index is 0.619. The first-order chi connectivity index (χ1) is 6.36. The van der Waals surface area contributed by atoms with Crippen LogP contribution in [0.4, 0.5) is 0 Å². The Kier molecular flexibility index (Phi) is 4.83. The highest BCUT2D eigenvalue weighted by Crippen LogP contribution is 2.00. The van der Waals surface area contributed by atoms with Gasteiger partial charge < -0.3 is 0 Å². The largest absolute Gasteiger partial charge is 0.252 e. The van der Waals surface area contributed by atoms with E-state index < -0.39 is 0 Å². The molecule has 74 valence electrons. The van der Waals surface area contributed by atoms with Gasteiger partial charge in [0.1, 0.15) is 0 Å². The lowest BCUT2D eigenvalue weighted by Gasteiger charge is -1.97. The Balaban J connectivity index is 2.31. The van der Waals surface area contributed by atoms with Crippen LogP contribution in [0.3, 0.4) is 0 Å². The van der Waals surface area contributed by atoms with E-state index >= 15 is 0 Å². The molecule has 0 fully saturated rings. The Morgan fingerprint density at radius 3 is 3.00 bits per heavy atom. The molecule has 1 heterocycles. The maximum atomic E-state index is 5.60. The lowest BCUT2D eigenvalue weighted by atomic mass is 10.2. The Bertz CT molecular complexity index is 235. The summed E-state index contributed by atoms with van der Waals surface area (Å²) in [6.07, 6.45) is 6.47. The van der Waals surface area contributed by atoms with E-state index in [1.165, 1.54) is 19.3 Å². The molecular formula is C9H16ClN3. The second-order valence-electron chi connectivity index (χ2n) is 3.12. The van der Waals surface area contributed by atoms with Crippen LogP contribution in [0.5, 0.6) is 0 Å². The van der Waals surface area contributed by atoms with Crippen LogP contribution >= 0.6 is 11.6 Å². The van der Waals surface area contributed by atoms with Crippen molar-refractivity contribution in [1.29, 1.82) is 0 Å². The van der Waals surface area contributed by atoms with Gasteiger partial charge >= 0.3 is 0 Å². The normalized spacial score (nSPS) is 10.6. The molecule has 0 aliphatic carbocycles. The zero-order chi connectivity index (χ0) is 9.52. The Morgan fingerprint density at radius 2 is 2.31 bits per heavy atom. The van der Waals surface area contributed by atoms with Crippen molar-refractivity contribution in [2.45, 2.75) is 39.2 Å². The molecule has 0 unspecified atom stereocenters. The molecule has 1 aromatic heterocycles. The third-order valence-electron chi connectivity index (χ3n) is 1.93. The minimum atomic E-state index is 0.619. The van der Waals surface area contributed by atoms with Crippen molar-refractivity contribution in [1.82, 2.24) is 15.0 Å². The van der Waals surface area contributed by atoms with Crippen molar-refractivity contribution in [3.05, 3.63) is 11.9 Å². The van der Waals surface area contributed by atoms with Gasteiger partial charge in [-0.05, 0) is 6.42 Å². The van der Waals surface area contributed by atoms with E-state index in [0.29, 0.717) is 5.88 Å². The number of aryl methyl sites for hydroxylation is 2. The van der Waals surface area contributed by atoms with E-state index in [-0.39, 0.29) is 0 Å². The highest BCUT2D eigenvalue weighted by atomic mass is 35.5. The molecule has 0 saturated heterocycles. The summed E-state index contributed by atoms with van der Waals surface area (Å²) in [6, 6.07) is 0. The van der Waals surface area contributed by atoms with E-state index in [4.69, 9.17) is 11.6 Å². The molecule has 0 saturated carbocycles. The molecule has 3 nitrogen and oxygen atoms in total. The van der Waals surface area contributed by atoms with E-state index in [2.05, 4.69) is 17.2 Å². The van der Waals surface area contributed by atoms with Crippen LogP contribution in [0.15, 0.2) is 6.20 Å². The zero-order valence-corrected chi connectivity index (χ0v) is 8.80. The van der Waals surface area contributed by atoms with Crippen LogP contribution in [-0.4, -0.2) is 20.9 Å². The van der Waals surface area contributed by atoms with Crippen molar-refractivity contribution in [2.75, 3.05) is 5.88 Å². The van der Waals surface area contributed by atoms with Gasteiger partial charge in [0.05, 0.1) is 5.69 Å². The number of hydrogen-bond acceptors (Lipinski definition) is 2. The molecule has 0 aromatic carbocycles. The van der Waals surface area contributed by atoms with Crippen molar-refractivity contribution >= 4 is 11.6 Å². The number of halogens is 1. The second kappa shape index (κ2) is 5.97. The number of rotatable bonds is 6. The van der Waals surface area contributed by atoms with Gasteiger partial charge in [-0.3, -0.25) is 4.68 Å². The van der Waals surface area contributed by atoms with Crippen LogP contribution in [0.25, 0.3) is 0 Å². The highest BCUT2D eigenvalue weighted by Gasteiger charge is 1.98. The second-order valence-corrected chi connectivity index (χ2v) is 3.50. The summed E-state index contributed by atoms with van der Waals surface area (Å²) in [4.78, 5) is 0. The van der Waals surface area contributed by atoms with Crippen LogP contribution in [0.2, 0.25) is 0 Å². The maximum absolute atomic E-state index is 5.60. The summed E-state index contributed by atoms with van der Waals surface area (Å²) in [5.74, 6) is 0.619. The zero-order valence-electron chi connectivity index (χ0n) is 8.04. The SMILES string of the molecule is CCCCCn1cc(CCCl)nn1. The molecule has 0 spiro atoms. The molecule has 0 radical (unpaired) electrons. The number of hydrogen-bond donors (Lipinski definition) is 0. The summed E-state index contributed by atoms with van der Waals surface area (Å²) in [6.45, 7) is 3.17. The van der Waals surface area contributed by atoms with Gasteiger partial charge in [-0.1, -0.05) is 25.0 Å². The predicted molar refractivity (Wildman–Crippen MR) is 54.0 cm³/mol. The molecule has 0 atom stereocenters. The lowest BCUT2D eigenvalue weighted by molar-refractivity contribution is 0.537. The molecule has 4 heteroatoms. The average Bonchev–Trinajstić information content (AvgIpc) is 2.54. The lowest BCUT2D eigenvalue weighted by Crippen LogP contribution is -1.98. The summed E-state index contributed by atoms with van der Waals surface area (Å²) >= 11 is 5.60.